The lowest BCUT2D eigenvalue weighted by molar-refractivity contribution is -0.131. The molecule has 0 saturated carbocycles. The van der Waals surface area contributed by atoms with Crippen molar-refractivity contribution in [2.24, 2.45) is 0 Å². The Morgan fingerprint density at radius 2 is 1.79 bits per heavy atom. The third-order valence-corrected chi connectivity index (χ3v) is 7.78. The molecule has 0 amide bonds. The summed E-state index contributed by atoms with van der Waals surface area (Å²) in [7, 11) is 0. The summed E-state index contributed by atoms with van der Waals surface area (Å²) < 4.78 is 14.8. The molecule has 0 aliphatic carbocycles. The fraction of sp³-hybridized carbons (Fsp3) is 0.182. The number of aryl methyl sites for hydroxylation is 1. The summed E-state index contributed by atoms with van der Waals surface area (Å²) in [6.45, 7) is 6.17. The highest BCUT2D eigenvalue weighted by atomic mass is 32.1. The Labute approximate surface area is 251 Å². The van der Waals surface area contributed by atoms with Crippen LogP contribution in [0, 0.1) is 6.92 Å². The van der Waals surface area contributed by atoms with Gasteiger partial charge in [0.25, 0.3) is 5.56 Å². The van der Waals surface area contributed by atoms with Gasteiger partial charge in [-0.2, -0.15) is 14.6 Å². The minimum Gasteiger partial charge on any atom is -0.493 e. The summed E-state index contributed by atoms with van der Waals surface area (Å²) in [4.78, 5) is 30.1. The largest absolute Gasteiger partial charge is 0.493 e. The Hall–Kier alpha value is -5.09. The van der Waals surface area contributed by atoms with Gasteiger partial charge in [-0.1, -0.05) is 55.0 Å². The lowest BCUT2D eigenvalue weighted by Gasteiger charge is -2.10. The highest BCUT2D eigenvalue weighted by molar-refractivity contribution is 7.15. The summed E-state index contributed by atoms with van der Waals surface area (Å²) in [6, 6.07) is 22.8. The van der Waals surface area contributed by atoms with Crippen LogP contribution in [0.15, 0.2) is 83.8 Å². The molecule has 6 rings (SSSR count). The zero-order valence-corrected chi connectivity index (χ0v) is 24.8. The van der Waals surface area contributed by atoms with Gasteiger partial charge in [-0.25, -0.2) is 4.68 Å². The second-order valence-corrected chi connectivity index (χ2v) is 11.0. The van der Waals surface area contributed by atoms with Crippen molar-refractivity contribution in [3.8, 4) is 39.8 Å². The molecule has 43 heavy (non-hydrogen) atoms. The molecule has 9 nitrogen and oxygen atoms in total. The molecular formula is C33H29N5O4S. The Morgan fingerprint density at radius 3 is 2.53 bits per heavy atom. The molecule has 0 spiro atoms. The lowest BCUT2D eigenvalue weighted by atomic mass is 10.0. The maximum absolute atomic E-state index is 13.5. The van der Waals surface area contributed by atoms with Crippen LogP contribution in [0.2, 0.25) is 0 Å². The first kappa shape index (κ1) is 28.0. The van der Waals surface area contributed by atoms with E-state index in [0.29, 0.717) is 33.2 Å². The van der Waals surface area contributed by atoms with Gasteiger partial charge in [0.1, 0.15) is 17.2 Å². The molecule has 10 heteroatoms. The Balaban J connectivity index is 1.42. The van der Waals surface area contributed by atoms with Crippen molar-refractivity contribution in [3.63, 3.8) is 0 Å². The maximum Gasteiger partial charge on any atom is 0.308 e. The summed E-state index contributed by atoms with van der Waals surface area (Å²) in [5, 5.41) is 9.37. The van der Waals surface area contributed by atoms with Crippen LogP contribution in [0.1, 0.15) is 37.8 Å². The fourth-order valence-corrected chi connectivity index (χ4v) is 5.60. The molecular weight excluding hydrogens is 562 g/mol. The van der Waals surface area contributed by atoms with Gasteiger partial charge in [-0.3, -0.25) is 9.59 Å². The quantitative estimate of drug-likeness (QED) is 0.122. The van der Waals surface area contributed by atoms with Gasteiger partial charge >= 0.3 is 5.97 Å². The van der Waals surface area contributed by atoms with Crippen LogP contribution < -0.4 is 19.6 Å². The normalized spacial score (nSPS) is 11.7. The van der Waals surface area contributed by atoms with Crippen LogP contribution >= 0.6 is 11.3 Å². The number of aromatic nitrogens is 5. The van der Waals surface area contributed by atoms with Crippen molar-refractivity contribution in [2.75, 3.05) is 6.61 Å². The number of fused-ring (bicyclic) bond motifs is 1. The van der Waals surface area contributed by atoms with E-state index in [2.05, 4.69) is 23.1 Å². The van der Waals surface area contributed by atoms with Gasteiger partial charge in [0.2, 0.25) is 4.96 Å². The van der Waals surface area contributed by atoms with E-state index in [-0.39, 0.29) is 5.56 Å². The number of para-hydroxylation sites is 2. The number of esters is 1. The third kappa shape index (κ3) is 5.82. The zero-order valence-electron chi connectivity index (χ0n) is 24.0. The van der Waals surface area contributed by atoms with E-state index in [9.17, 15) is 9.59 Å². The molecule has 0 radical (unpaired) electrons. The van der Waals surface area contributed by atoms with Crippen LogP contribution in [0.5, 0.6) is 11.5 Å². The van der Waals surface area contributed by atoms with Gasteiger partial charge < -0.3 is 9.47 Å². The molecule has 3 heterocycles. The number of unbranched alkanes of at least 4 members (excludes halogenated alkanes) is 1. The number of carbonyl (C=O) groups excluding carboxylic acids is 1. The first-order valence-electron chi connectivity index (χ1n) is 14.0. The number of rotatable bonds is 9. The molecule has 0 aliphatic rings. The predicted octanol–water partition coefficient (Wildman–Crippen LogP) is 5.63. The number of ether oxygens (including phenoxy) is 2. The van der Waals surface area contributed by atoms with E-state index in [1.54, 1.807) is 24.3 Å². The molecule has 0 N–H and O–H groups in total. The topological polar surface area (TPSA) is 101 Å². The minimum atomic E-state index is -0.449. The highest BCUT2D eigenvalue weighted by Crippen LogP contribution is 2.30. The summed E-state index contributed by atoms with van der Waals surface area (Å²) in [5.74, 6) is 1.04. The van der Waals surface area contributed by atoms with E-state index in [0.717, 1.165) is 46.7 Å². The Bertz CT molecular complexity index is 2040. The SMILES string of the molecule is CCCCOc1ccc(-c2nn(-c3ccccc3)cc2C=c2sc3nc(-c4ccccc4OC(C)=O)nn3c2=O)cc1C. The Morgan fingerprint density at radius 1 is 1.00 bits per heavy atom. The molecule has 0 bridgehead atoms. The molecule has 216 valence electrons. The molecule has 0 fully saturated rings. The van der Waals surface area contributed by atoms with Crippen LogP contribution in [0.4, 0.5) is 0 Å². The maximum atomic E-state index is 13.5. The van der Waals surface area contributed by atoms with Crippen LogP contribution in [-0.4, -0.2) is 37.0 Å². The smallest absolute Gasteiger partial charge is 0.308 e. The zero-order chi connectivity index (χ0) is 29.9. The van der Waals surface area contributed by atoms with Crippen molar-refractivity contribution in [1.82, 2.24) is 24.4 Å². The van der Waals surface area contributed by atoms with Crippen molar-refractivity contribution in [2.45, 2.75) is 33.6 Å². The monoisotopic (exact) mass is 591 g/mol. The van der Waals surface area contributed by atoms with Gasteiger partial charge in [0.15, 0.2) is 5.82 Å². The number of hydrogen-bond acceptors (Lipinski definition) is 8. The second kappa shape index (κ2) is 12.0. The van der Waals surface area contributed by atoms with Crippen LogP contribution in [0.25, 0.3) is 39.4 Å². The molecule has 3 aromatic carbocycles. The molecule has 0 saturated heterocycles. The molecule has 6 aromatic rings. The summed E-state index contributed by atoms with van der Waals surface area (Å²) >= 11 is 1.24. The van der Waals surface area contributed by atoms with E-state index < -0.39 is 5.97 Å². The average Bonchev–Trinajstić information content (AvgIpc) is 3.69. The van der Waals surface area contributed by atoms with Crippen molar-refractivity contribution in [1.29, 1.82) is 0 Å². The van der Waals surface area contributed by atoms with E-state index in [1.165, 1.54) is 22.8 Å². The van der Waals surface area contributed by atoms with Crippen molar-refractivity contribution < 1.29 is 14.3 Å². The second-order valence-electron chi connectivity index (χ2n) is 10.0. The van der Waals surface area contributed by atoms with E-state index in [1.807, 2.05) is 66.3 Å². The van der Waals surface area contributed by atoms with Gasteiger partial charge in [-0.15, -0.1) is 5.10 Å². The van der Waals surface area contributed by atoms with Gasteiger partial charge in [-0.05, 0) is 67.4 Å². The van der Waals surface area contributed by atoms with E-state index >= 15 is 0 Å². The number of benzene rings is 3. The number of carbonyl (C=O) groups is 1. The lowest BCUT2D eigenvalue weighted by Crippen LogP contribution is -2.23. The fourth-order valence-electron chi connectivity index (χ4n) is 4.70. The highest BCUT2D eigenvalue weighted by Gasteiger charge is 2.18. The standard InChI is InChI=1S/C33H29N5O4S/c1-4-5-17-41-27-16-15-23(18-21(27)2)30-24(20-37(35-30)25-11-7-6-8-12-25)19-29-32(40)38-33(43-29)34-31(36-38)26-13-9-10-14-28(26)42-22(3)39/h6-16,18-20H,4-5,17H2,1-3H3. The Kier molecular flexibility index (Phi) is 7.84. The van der Waals surface area contributed by atoms with E-state index in [4.69, 9.17) is 14.6 Å². The minimum absolute atomic E-state index is 0.294. The van der Waals surface area contributed by atoms with Gasteiger partial charge in [0, 0.05) is 24.2 Å². The molecule has 3 aromatic heterocycles. The molecule has 0 atom stereocenters. The summed E-state index contributed by atoms with van der Waals surface area (Å²) in [6.07, 6.45) is 5.82. The molecule has 0 unspecified atom stereocenters. The number of nitrogens with zero attached hydrogens (tertiary/aromatic N) is 5. The van der Waals surface area contributed by atoms with Crippen molar-refractivity contribution >= 4 is 28.3 Å². The van der Waals surface area contributed by atoms with Gasteiger partial charge in [0.05, 0.1) is 22.4 Å². The average molecular weight is 592 g/mol. The number of hydrogen-bond donors (Lipinski definition) is 0. The van der Waals surface area contributed by atoms with Crippen molar-refractivity contribution in [3.05, 3.63) is 105 Å². The first-order valence-corrected chi connectivity index (χ1v) is 14.8. The molecule has 0 aliphatic heterocycles. The third-order valence-electron chi connectivity index (χ3n) is 6.82. The predicted molar refractivity (Wildman–Crippen MR) is 167 cm³/mol. The van der Waals surface area contributed by atoms with Crippen LogP contribution in [0.3, 0.4) is 0 Å². The first-order chi connectivity index (χ1) is 20.9. The summed E-state index contributed by atoms with van der Waals surface area (Å²) in [5.41, 5.74) is 4.59. The number of thiazole rings is 1. The van der Waals surface area contributed by atoms with Crippen LogP contribution in [-0.2, 0) is 4.79 Å².